The number of nitrogens with zero attached hydrogens (tertiary/aromatic N) is 3. The van der Waals surface area contributed by atoms with Gasteiger partial charge in [0.25, 0.3) is 0 Å². The molecule has 1 aliphatic rings. The Morgan fingerprint density at radius 3 is 2.95 bits per heavy atom. The van der Waals surface area contributed by atoms with Gasteiger partial charge in [0.05, 0.1) is 17.6 Å². The van der Waals surface area contributed by atoms with Gasteiger partial charge in [0.15, 0.2) is 0 Å². The SMILES string of the molecule is CC1(C)CN(c2ncnc3[nH]c4ccccc4c23)CCO1. The highest BCUT2D eigenvalue weighted by molar-refractivity contribution is 6.11. The van der Waals surface area contributed by atoms with E-state index in [-0.39, 0.29) is 5.60 Å². The molecular weight excluding hydrogens is 264 g/mol. The van der Waals surface area contributed by atoms with Crippen LogP contribution in [0.3, 0.4) is 0 Å². The maximum Gasteiger partial charge on any atom is 0.143 e. The van der Waals surface area contributed by atoms with Crippen molar-refractivity contribution >= 4 is 27.8 Å². The number of hydrogen-bond donors (Lipinski definition) is 1. The van der Waals surface area contributed by atoms with Gasteiger partial charge in [0.2, 0.25) is 0 Å². The fraction of sp³-hybridized carbons (Fsp3) is 0.375. The van der Waals surface area contributed by atoms with E-state index in [0.29, 0.717) is 0 Å². The number of nitrogens with one attached hydrogen (secondary N) is 1. The predicted octanol–water partition coefficient (Wildman–Crippen LogP) is 2.73. The first-order valence-corrected chi connectivity index (χ1v) is 7.24. The van der Waals surface area contributed by atoms with Crippen molar-refractivity contribution in [2.45, 2.75) is 19.4 Å². The fourth-order valence-electron chi connectivity index (χ4n) is 3.09. The van der Waals surface area contributed by atoms with Crippen LogP contribution in [-0.4, -0.2) is 40.2 Å². The molecule has 0 atom stereocenters. The monoisotopic (exact) mass is 282 g/mol. The molecule has 0 bridgehead atoms. The van der Waals surface area contributed by atoms with Crippen LogP contribution >= 0.6 is 0 Å². The summed E-state index contributed by atoms with van der Waals surface area (Å²) in [4.78, 5) is 14.6. The minimum Gasteiger partial charge on any atom is -0.372 e. The molecule has 1 aliphatic heterocycles. The van der Waals surface area contributed by atoms with E-state index in [4.69, 9.17) is 4.74 Å². The van der Waals surface area contributed by atoms with Crippen molar-refractivity contribution in [3.05, 3.63) is 30.6 Å². The van der Waals surface area contributed by atoms with Crippen LogP contribution in [-0.2, 0) is 4.74 Å². The van der Waals surface area contributed by atoms with Crippen LogP contribution in [0.15, 0.2) is 30.6 Å². The van der Waals surface area contributed by atoms with E-state index in [1.165, 1.54) is 5.39 Å². The summed E-state index contributed by atoms with van der Waals surface area (Å²) in [6.07, 6.45) is 1.63. The minimum atomic E-state index is -0.151. The van der Waals surface area contributed by atoms with Crippen LogP contribution in [0.5, 0.6) is 0 Å². The Kier molecular flexibility index (Phi) is 2.65. The molecule has 2 aromatic heterocycles. The van der Waals surface area contributed by atoms with Crippen molar-refractivity contribution in [2.75, 3.05) is 24.6 Å². The second-order valence-corrected chi connectivity index (χ2v) is 6.12. The zero-order valence-electron chi connectivity index (χ0n) is 12.3. The normalized spacial score (nSPS) is 18.5. The molecule has 0 amide bonds. The summed E-state index contributed by atoms with van der Waals surface area (Å²) in [6, 6.07) is 8.27. The zero-order chi connectivity index (χ0) is 14.4. The first-order valence-electron chi connectivity index (χ1n) is 7.24. The Bertz CT molecular complexity index is 808. The first-order chi connectivity index (χ1) is 10.1. The second kappa shape index (κ2) is 4.43. The maximum absolute atomic E-state index is 5.81. The van der Waals surface area contributed by atoms with E-state index in [1.807, 2.05) is 6.07 Å². The Hall–Kier alpha value is -2.14. The highest BCUT2D eigenvalue weighted by Crippen LogP contribution is 2.32. The molecule has 1 fully saturated rings. The highest BCUT2D eigenvalue weighted by Gasteiger charge is 2.29. The smallest absolute Gasteiger partial charge is 0.143 e. The third-order valence-corrected chi connectivity index (χ3v) is 4.00. The number of rotatable bonds is 1. The lowest BCUT2D eigenvalue weighted by molar-refractivity contribution is -0.0278. The fourth-order valence-corrected chi connectivity index (χ4v) is 3.09. The second-order valence-electron chi connectivity index (χ2n) is 6.12. The largest absolute Gasteiger partial charge is 0.372 e. The summed E-state index contributed by atoms with van der Waals surface area (Å²) in [7, 11) is 0. The van der Waals surface area contributed by atoms with Crippen molar-refractivity contribution in [1.82, 2.24) is 15.0 Å². The summed E-state index contributed by atoms with van der Waals surface area (Å²) in [5.74, 6) is 0.994. The summed E-state index contributed by atoms with van der Waals surface area (Å²) in [5.41, 5.74) is 1.84. The Morgan fingerprint density at radius 2 is 2.10 bits per heavy atom. The lowest BCUT2D eigenvalue weighted by Crippen LogP contribution is -2.48. The number of morpholine rings is 1. The summed E-state index contributed by atoms with van der Waals surface area (Å²) < 4.78 is 5.81. The zero-order valence-corrected chi connectivity index (χ0v) is 12.3. The number of ether oxygens (including phenoxy) is 1. The van der Waals surface area contributed by atoms with Gasteiger partial charge >= 0.3 is 0 Å². The topological polar surface area (TPSA) is 54.0 Å². The lowest BCUT2D eigenvalue weighted by Gasteiger charge is -2.38. The highest BCUT2D eigenvalue weighted by atomic mass is 16.5. The quantitative estimate of drug-likeness (QED) is 0.745. The van der Waals surface area contributed by atoms with Crippen LogP contribution < -0.4 is 4.90 Å². The molecule has 5 heteroatoms. The molecule has 1 N–H and O–H groups in total. The van der Waals surface area contributed by atoms with Crippen molar-refractivity contribution in [3.63, 3.8) is 0 Å². The van der Waals surface area contributed by atoms with Gasteiger partial charge in [0.1, 0.15) is 17.8 Å². The summed E-state index contributed by atoms with van der Waals surface area (Å²) in [6.45, 7) is 6.65. The molecule has 21 heavy (non-hydrogen) atoms. The molecule has 0 spiro atoms. The Labute approximate surface area is 123 Å². The number of benzene rings is 1. The van der Waals surface area contributed by atoms with Gasteiger partial charge in [-0.2, -0.15) is 0 Å². The number of H-pyrrole nitrogens is 1. The number of aromatic nitrogens is 3. The Balaban J connectivity index is 1.92. The number of anilines is 1. The summed E-state index contributed by atoms with van der Waals surface area (Å²) in [5, 5.41) is 2.28. The molecule has 0 radical (unpaired) electrons. The maximum atomic E-state index is 5.81. The van der Waals surface area contributed by atoms with Gasteiger partial charge < -0.3 is 14.6 Å². The molecule has 3 aromatic rings. The number of hydrogen-bond acceptors (Lipinski definition) is 4. The number of aromatic amines is 1. The lowest BCUT2D eigenvalue weighted by atomic mass is 10.1. The van der Waals surface area contributed by atoms with Gasteiger partial charge in [-0.05, 0) is 19.9 Å². The number of para-hydroxylation sites is 1. The van der Waals surface area contributed by atoms with E-state index >= 15 is 0 Å². The molecular formula is C16H18N4O. The van der Waals surface area contributed by atoms with Gasteiger partial charge in [-0.1, -0.05) is 18.2 Å². The van der Waals surface area contributed by atoms with Crippen molar-refractivity contribution in [1.29, 1.82) is 0 Å². The van der Waals surface area contributed by atoms with E-state index in [2.05, 4.69) is 51.9 Å². The third kappa shape index (κ3) is 2.05. The van der Waals surface area contributed by atoms with Crippen LogP contribution in [0, 0.1) is 0 Å². The van der Waals surface area contributed by atoms with Crippen LogP contribution in [0.4, 0.5) is 5.82 Å². The van der Waals surface area contributed by atoms with Gasteiger partial charge in [-0.15, -0.1) is 0 Å². The Morgan fingerprint density at radius 1 is 1.24 bits per heavy atom. The van der Waals surface area contributed by atoms with E-state index in [0.717, 1.165) is 42.1 Å². The molecule has 0 saturated carbocycles. The molecule has 0 aliphatic carbocycles. The van der Waals surface area contributed by atoms with E-state index in [9.17, 15) is 0 Å². The van der Waals surface area contributed by atoms with Crippen molar-refractivity contribution in [3.8, 4) is 0 Å². The molecule has 0 unspecified atom stereocenters. The molecule has 108 valence electrons. The van der Waals surface area contributed by atoms with Crippen molar-refractivity contribution < 1.29 is 4.74 Å². The molecule has 1 saturated heterocycles. The third-order valence-electron chi connectivity index (χ3n) is 4.00. The van der Waals surface area contributed by atoms with Gasteiger partial charge in [-0.25, -0.2) is 9.97 Å². The average molecular weight is 282 g/mol. The van der Waals surface area contributed by atoms with Gasteiger partial charge in [0, 0.05) is 24.0 Å². The standard InChI is InChI=1S/C16H18N4O/c1-16(2)9-20(7-8-21-16)15-13-11-5-3-4-6-12(11)19-14(13)17-10-18-15/h3-6,10H,7-9H2,1-2H3,(H,17,18,19). The van der Waals surface area contributed by atoms with Crippen molar-refractivity contribution in [2.24, 2.45) is 0 Å². The van der Waals surface area contributed by atoms with E-state index < -0.39 is 0 Å². The van der Waals surface area contributed by atoms with Gasteiger partial charge in [-0.3, -0.25) is 0 Å². The van der Waals surface area contributed by atoms with Crippen LogP contribution in [0.1, 0.15) is 13.8 Å². The molecule has 5 nitrogen and oxygen atoms in total. The molecule has 4 rings (SSSR count). The van der Waals surface area contributed by atoms with E-state index in [1.54, 1.807) is 6.33 Å². The molecule has 1 aromatic carbocycles. The van der Waals surface area contributed by atoms with Crippen LogP contribution in [0.2, 0.25) is 0 Å². The number of fused-ring (bicyclic) bond motifs is 3. The average Bonchev–Trinajstić information content (AvgIpc) is 2.84. The predicted molar refractivity (Wildman–Crippen MR) is 83.6 cm³/mol. The summed E-state index contributed by atoms with van der Waals surface area (Å²) >= 11 is 0. The minimum absolute atomic E-state index is 0.151. The molecule has 3 heterocycles. The first kappa shape index (κ1) is 12.6. The van der Waals surface area contributed by atoms with Crippen LogP contribution in [0.25, 0.3) is 21.9 Å².